The second kappa shape index (κ2) is 5.80. The van der Waals surface area contributed by atoms with Crippen molar-refractivity contribution in [2.75, 3.05) is 5.75 Å². The molecular formula is C15H15N3S. The Morgan fingerprint density at radius 1 is 1.16 bits per heavy atom. The number of thioether (sulfide) groups is 1. The Bertz CT molecular complexity index is 586. The summed E-state index contributed by atoms with van der Waals surface area (Å²) < 4.78 is 0. The van der Waals surface area contributed by atoms with Gasteiger partial charge in [-0.15, -0.1) is 0 Å². The number of H-pyrrole nitrogens is 1. The summed E-state index contributed by atoms with van der Waals surface area (Å²) >= 11 is 1.73. The number of dihydropyridines is 1. The summed E-state index contributed by atoms with van der Waals surface area (Å²) in [6.45, 7) is 0. The van der Waals surface area contributed by atoms with E-state index >= 15 is 0 Å². The number of nitrogens with one attached hydrogen (secondary N) is 2. The zero-order valence-electron chi connectivity index (χ0n) is 10.4. The summed E-state index contributed by atoms with van der Waals surface area (Å²) in [4.78, 5) is 7.77. The van der Waals surface area contributed by atoms with Crippen molar-refractivity contribution in [2.45, 2.75) is 11.2 Å². The van der Waals surface area contributed by atoms with Crippen LogP contribution in [-0.2, 0) is 0 Å². The van der Waals surface area contributed by atoms with Gasteiger partial charge in [-0.05, 0) is 17.8 Å². The lowest BCUT2D eigenvalue weighted by Gasteiger charge is -2.13. The second-order valence-corrected chi connectivity index (χ2v) is 5.30. The van der Waals surface area contributed by atoms with Crippen LogP contribution in [0.15, 0.2) is 66.1 Å². The quantitative estimate of drug-likeness (QED) is 0.837. The van der Waals surface area contributed by atoms with Crippen molar-refractivity contribution in [2.24, 2.45) is 0 Å². The lowest BCUT2D eigenvalue weighted by atomic mass is 10.2. The van der Waals surface area contributed by atoms with Gasteiger partial charge in [-0.2, -0.15) is 0 Å². The highest BCUT2D eigenvalue weighted by Gasteiger charge is 2.08. The van der Waals surface area contributed by atoms with Gasteiger partial charge < -0.3 is 10.3 Å². The van der Waals surface area contributed by atoms with E-state index in [1.807, 2.05) is 36.7 Å². The van der Waals surface area contributed by atoms with E-state index in [9.17, 15) is 0 Å². The maximum atomic E-state index is 4.41. The monoisotopic (exact) mass is 269 g/mol. The summed E-state index contributed by atoms with van der Waals surface area (Å²) in [5.74, 6) is 0.961. The molecule has 0 fully saturated rings. The average molecular weight is 269 g/mol. The molecule has 0 saturated heterocycles. The van der Waals surface area contributed by atoms with E-state index in [0.717, 1.165) is 16.6 Å². The Morgan fingerprint density at radius 3 is 2.84 bits per heavy atom. The Hall–Kier alpha value is -1.94. The maximum absolute atomic E-state index is 4.41. The molecule has 1 aromatic carbocycles. The largest absolute Gasteiger partial charge is 0.384 e. The minimum Gasteiger partial charge on any atom is -0.384 e. The third kappa shape index (κ3) is 3.09. The number of benzene rings is 1. The van der Waals surface area contributed by atoms with Crippen LogP contribution in [0.4, 0.5) is 0 Å². The van der Waals surface area contributed by atoms with Gasteiger partial charge >= 0.3 is 0 Å². The number of rotatable bonds is 4. The molecule has 0 spiro atoms. The molecule has 2 heterocycles. The summed E-state index contributed by atoms with van der Waals surface area (Å²) in [5, 5.41) is 4.26. The Morgan fingerprint density at radius 2 is 2.05 bits per heavy atom. The number of allylic oxidation sites excluding steroid dienone is 2. The zero-order chi connectivity index (χ0) is 12.9. The zero-order valence-corrected chi connectivity index (χ0v) is 11.2. The maximum Gasteiger partial charge on any atom is 0.165 e. The lowest BCUT2D eigenvalue weighted by molar-refractivity contribution is 0.769. The molecule has 1 aliphatic rings. The van der Waals surface area contributed by atoms with Crippen molar-refractivity contribution in [1.82, 2.24) is 15.3 Å². The van der Waals surface area contributed by atoms with E-state index in [2.05, 4.69) is 39.6 Å². The van der Waals surface area contributed by atoms with Gasteiger partial charge in [0.05, 0.1) is 17.9 Å². The lowest BCUT2D eigenvalue weighted by Crippen LogP contribution is -2.25. The molecule has 2 aromatic rings. The fourth-order valence-corrected chi connectivity index (χ4v) is 2.76. The molecule has 0 amide bonds. The molecule has 3 rings (SSSR count). The highest BCUT2D eigenvalue weighted by Crippen LogP contribution is 2.21. The highest BCUT2D eigenvalue weighted by molar-refractivity contribution is 7.99. The van der Waals surface area contributed by atoms with Gasteiger partial charge in [-0.3, -0.25) is 0 Å². The van der Waals surface area contributed by atoms with Gasteiger partial charge in [0.1, 0.15) is 0 Å². The van der Waals surface area contributed by atoms with E-state index in [-0.39, 0.29) is 0 Å². The molecule has 2 N–H and O–H groups in total. The van der Waals surface area contributed by atoms with E-state index in [4.69, 9.17) is 0 Å². The van der Waals surface area contributed by atoms with Gasteiger partial charge in [0.25, 0.3) is 0 Å². The third-order valence-electron chi connectivity index (χ3n) is 2.90. The number of imidazole rings is 1. The number of nitrogens with zero attached hydrogens (tertiary/aromatic N) is 1. The van der Waals surface area contributed by atoms with Gasteiger partial charge in [0.2, 0.25) is 0 Å². The molecule has 1 aliphatic heterocycles. The summed E-state index contributed by atoms with van der Waals surface area (Å²) in [6, 6.07) is 10.6. The van der Waals surface area contributed by atoms with Crippen LogP contribution in [0.5, 0.6) is 0 Å². The summed E-state index contributed by atoms with van der Waals surface area (Å²) in [7, 11) is 0. The first-order chi connectivity index (χ1) is 9.42. The van der Waals surface area contributed by atoms with Gasteiger partial charge in [-0.1, -0.05) is 54.2 Å². The molecule has 0 bridgehead atoms. The molecule has 0 radical (unpaired) electrons. The summed E-state index contributed by atoms with van der Waals surface area (Å²) in [5.41, 5.74) is 2.23. The van der Waals surface area contributed by atoms with Gasteiger partial charge in [0.15, 0.2) is 5.16 Å². The van der Waals surface area contributed by atoms with Crippen molar-refractivity contribution in [3.63, 3.8) is 0 Å². The number of hydrogen-bond acceptors (Lipinski definition) is 3. The molecule has 96 valence electrons. The van der Waals surface area contributed by atoms with Crippen molar-refractivity contribution >= 4 is 11.8 Å². The predicted molar refractivity (Wildman–Crippen MR) is 80.0 cm³/mol. The molecule has 0 saturated carbocycles. The van der Waals surface area contributed by atoms with Crippen molar-refractivity contribution in [3.8, 4) is 11.3 Å². The Kier molecular flexibility index (Phi) is 3.70. The molecule has 1 atom stereocenters. The van der Waals surface area contributed by atoms with E-state index in [1.165, 1.54) is 5.56 Å². The predicted octanol–water partition coefficient (Wildman–Crippen LogP) is 3.21. The van der Waals surface area contributed by atoms with E-state index in [1.54, 1.807) is 11.8 Å². The Labute approximate surface area is 116 Å². The first kappa shape index (κ1) is 12.1. The van der Waals surface area contributed by atoms with E-state index < -0.39 is 0 Å². The van der Waals surface area contributed by atoms with Crippen LogP contribution in [0.2, 0.25) is 0 Å². The molecule has 1 aromatic heterocycles. The van der Waals surface area contributed by atoms with Crippen LogP contribution >= 0.6 is 11.8 Å². The van der Waals surface area contributed by atoms with Crippen LogP contribution in [0.1, 0.15) is 0 Å². The topological polar surface area (TPSA) is 40.7 Å². The average Bonchev–Trinajstić information content (AvgIpc) is 2.96. The molecule has 4 heteroatoms. The van der Waals surface area contributed by atoms with Crippen LogP contribution < -0.4 is 5.32 Å². The number of aromatic amines is 1. The van der Waals surface area contributed by atoms with Crippen LogP contribution in [0.3, 0.4) is 0 Å². The second-order valence-electron chi connectivity index (χ2n) is 4.30. The molecule has 1 unspecified atom stereocenters. The minimum absolute atomic E-state index is 0.375. The number of hydrogen-bond donors (Lipinski definition) is 2. The van der Waals surface area contributed by atoms with Gasteiger partial charge in [-0.25, -0.2) is 4.98 Å². The molecule has 19 heavy (non-hydrogen) atoms. The first-order valence-electron chi connectivity index (χ1n) is 6.24. The fraction of sp³-hybridized carbons (Fsp3) is 0.133. The first-order valence-corrected chi connectivity index (χ1v) is 7.23. The summed E-state index contributed by atoms with van der Waals surface area (Å²) in [6.07, 6.45) is 10.1. The third-order valence-corrected chi connectivity index (χ3v) is 3.90. The van der Waals surface area contributed by atoms with Crippen LogP contribution in [-0.4, -0.2) is 21.8 Å². The molecular weight excluding hydrogens is 254 g/mol. The standard InChI is InChI=1S/C15H15N3S/c1-2-6-12(7-3-1)14-10-17-15(18-14)19-11-13-8-4-5-9-16-13/h1-10,13,16H,11H2,(H,17,18). The van der Waals surface area contributed by atoms with Crippen molar-refractivity contribution in [3.05, 3.63) is 61.0 Å². The normalized spacial score (nSPS) is 17.4. The molecule has 0 aliphatic carbocycles. The Balaban J connectivity index is 1.62. The van der Waals surface area contributed by atoms with Crippen molar-refractivity contribution < 1.29 is 0 Å². The SMILES string of the molecule is C1=CNC(CSc2ncc(-c3ccccc3)[nH]2)C=C1. The van der Waals surface area contributed by atoms with Crippen LogP contribution in [0.25, 0.3) is 11.3 Å². The van der Waals surface area contributed by atoms with Crippen LogP contribution in [0, 0.1) is 0 Å². The fourth-order valence-electron chi connectivity index (χ4n) is 1.90. The van der Waals surface area contributed by atoms with Gasteiger partial charge in [0, 0.05) is 5.75 Å². The number of aromatic nitrogens is 2. The highest BCUT2D eigenvalue weighted by atomic mass is 32.2. The smallest absolute Gasteiger partial charge is 0.165 e. The van der Waals surface area contributed by atoms with Crippen molar-refractivity contribution in [1.29, 1.82) is 0 Å². The minimum atomic E-state index is 0.375. The van der Waals surface area contributed by atoms with E-state index in [0.29, 0.717) is 6.04 Å². The molecule has 3 nitrogen and oxygen atoms in total.